The number of hydrogen-bond donors (Lipinski definition) is 1. The molecule has 0 saturated carbocycles. The lowest BCUT2D eigenvalue weighted by molar-refractivity contribution is 0.792. The van der Waals surface area contributed by atoms with Crippen LogP contribution in [0.5, 0.6) is 0 Å². The zero-order valence-corrected chi connectivity index (χ0v) is 9.72. The largest absolute Gasteiger partial charge is 0.370 e. The Labute approximate surface area is 101 Å². The van der Waals surface area contributed by atoms with E-state index in [2.05, 4.69) is 16.4 Å². The molecule has 0 saturated heterocycles. The van der Waals surface area contributed by atoms with E-state index < -0.39 is 0 Å². The van der Waals surface area contributed by atoms with Crippen LogP contribution in [0.25, 0.3) is 0 Å². The molecule has 2 aromatic rings. The van der Waals surface area contributed by atoms with Crippen molar-refractivity contribution >= 4 is 5.82 Å². The second kappa shape index (κ2) is 5.17. The molecule has 0 aliphatic heterocycles. The zero-order chi connectivity index (χ0) is 12.1. The topological polar surface area (TPSA) is 53.6 Å². The first-order valence-electron chi connectivity index (χ1n) is 5.57. The number of pyridine rings is 1. The molecule has 0 atom stereocenters. The second-order valence-electron chi connectivity index (χ2n) is 3.71. The highest BCUT2D eigenvalue weighted by molar-refractivity contribution is 5.37. The predicted molar refractivity (Wildman–Crippen MR) is 66.6 cm³/mol. The van der Waals surface area contributed by atoms with Crippen LogP contribution < -0.4 is 5.32 Å². The molecular formula is C13H14N4. The average Bonchev–Trinajstić information content (AvgIpc) is 2.77. The molecule has 1 N–H and O–H groups in total. The number of nitriles is 1. The summed E-state index contributed by atoms with van der Waals surface area (Å²) in [6, 6.07) is 9.82. The number of hydrogen-bond acceptors (Lipinski definition) is 3. The summed E-state index contributed by atoms with van der Waals surface area (Å²) in [6.07, 6.45) is 3.69. The molecule has 0 aliphatic rings. The van der Waals surface area contributed by atoms with Gasteiger partial charge < -0.3 is 9.88 Å². The zero-order valence-electron chi connectivity index (χ0n) is 9.72. The van der Waals surface area contributed by atoms with Crippen molar-refractivity contribution in [2.75, 3.05) is 11.9 Å². The standard InChI is InChI=1S/C13H14N4/c1-2-15-13-8-11(5-6-16-13)10-17-7-3-4-12(17)9-14/h3-8H,2,10H2,1H3,(H,15,16). The van der Waals surface area contributed by atoms with Crippen molar-refractivity contribution in [2.45, 2.75) is 13.5 Å². The van der Waals surface area contributed by atoms with Gasteiger partial charge in [-0.1, -0.05) is 0 Å². The van der Waals surface area contributed by atoms with Crippen LogP contribution in [0.4, 0.5) is 5.82 Å². The van der Waals surface area contributed by atoms with Crippen LogP contribution in [0, 0.1) is 11.3 Å². The predicted octanol–water partition coefficient (Wildman–Crippen LogP) is 2.23. The highest BCUT2D eigenvalue weighted by Crippen LogP contribution is 2.10. The average molecular weight is 226 g/mol. The summed E-state index contributed by atoms with van der Waals surface area (Å²) >= 11 is 0. The van der Waals surface area contributed by atoms with Gasteiger partial charge in [0.1, 0.15) is 17.6 Å². The number of anilines is 1. The van der Waals surface area contributed by atoms with Gasteiger partial charge in [0.15, 0.2) is 0 Å². The third kappa shape index (κ3) is 2.64. The molecule has 4 heteroatoms. The summed E-state index contributed by atoms with van der Waals surface area (Å²) in [5, 5.41) is 12.1. The molecule has 86 valence electrons. The van der Waals surface area contributed by atoms with E-state index in [0.717, 1.165) is 17.9 Å². The summed E-state index contributed by atoms with van der Waals surface area (Å²) < 4.78 is 1.92. The van der Waals surface area contributed by atoms with E-state index in [0.29, 0.717) is 12.2 Å². The van der Waals surface area contributed by atoms with Crippen molar-refractivity contribution in [1.82, 2.24) is 9.55 Å². The Morgan fingerprint density at radius 1 is 1.47 bits per heavy atom. The van der Waals surface area contributed by atoms with Gasteiger partial charge in [-0.2, -0.15) is 5.26 Å². The maximum absolute atomic E-state index is 8.93. The Hall–Kier alpha value is -2.28. The molecule has 2 heterocycles. The van der Waals surface area contributed by atoms with Crippen molar-refractivity contribution in [2.24, 2.45) is 0 Å². The van der Waals surface area contributed by atoms with Crippen molar-refractivity contribution in [1.29, 1.82) is 5.26 Å². The summed E-state index contributed by atoms with van der Waals surface area (Å²) in [6.45, 7) is 3.58. The summed E-state index contributed by atoms with van der Waals surface area (Å²) in [4.78, 5) is 4.22. The van der Waals surface area contributed by atoms with Crippen LogP contribution in [-0.2, 0) is 6.54 Å². The highest BCUT2D eigenvalue weighted by Gasteiger charge is 2.01. The monoisotopic (exact) mass is 226 g/mol. The molecule has 0 aromatic carbocycles. The lowest BCUT2D eigenvalue weighted by atomic mass is 10.2. The van der Waals surface area contributed by atoms with Gasteiger partial charge in [0.2, 0.25) is 0 Å². The van der Waals surface area contributed by atoms with Crippen LogP contribution in [0.1, 0.15) is 18.2 Å². The molecular weight excluding hydrogens is 212 g/mol. The van der Waals surface area contributed by atoms with E-state index in [1.807, 2.05) is 42.0 Å². The van der Waals surface area contributed by atoms with E-state index in [-0.39, 0.29) is 0 Å². The van der Waals surface area contributed by atoms with E-state index in [9.17, 15) is 0 Å². The van der Waals surface area contributed by atoms with E-state index in [4.69, 9.17) is 5.26 Å². The van der Waals surface area contributed by atoms with Crippen LogP contribution in [0.2, 0.25) is 0 Å². The first-order valence-corrected chi connectivity index (χ1v) is 5.57. The normalized spacial score (nSPS) is 9.88. The fourth-order valence-electron chi connectivity index (χ4n) is 1.70. The quantitative estimate of drug-likeness (QED) is 0.869. The van der Waals surface area contributed by atoms with Crippen molar-refractivity contribution in [3.8, 4) is 6.07 Å². The maximum atomic E-state index is 8.93. The molecule has 2 aromatic heterocycles. The van der Waals surface area contributed by atoms with E-state index in [1.54, 1.807) is 6.20 Å². The third-order valence-corrected chi connectivity index (χ3v) is 2.48. The molecule has 0 bridgehead atoms. The number of rotatable bonds is 4. The fraction of sp³-hybridized carbons (Fsp3) is 0.231. The molecule has 0 radical (unpaired) electrons. The van der Waals surface area contributed by atoms with Crippen LogP contribution >= 0.6 is 0 Å². The Balaban J connectivity index is 2.19. The third-order valence-electron chi connectivity index (χ3n) is 2.48. The summed E-state index contributed by atoms with van der Waals surface area (Å²) in [5.41, 5.74) is 1.80. The fourth-order valence-corrected chi connectivity index (χ4v) is 1.70. The molecule has 17 heavy (non-hydrogen) atoms. The Morgan fingerprint density at radius 3 is 3.12 bits per heavy atom. The second-order valence-corrected chi connectivity index (χ2v) is 3.71. The molecule has 4 nitrogen and oxygen atoms in total. The minimum atomic E-state index is 0.673. The lowest BCUT2D eigenvalue weighted by Gasteiger charge is -2.07. The Bertz CT molecular complexity index is 536. The number of aromatic nitrogens is 2. The van der Waals surface area contributed by atoms with Gasteiger partial charge in [-0.3, -0.25) is 0 Å². The Kier molecular flexibility index (Phi) is 3.41. The van der Waals surface area contributed by atoms with Crippen LogP contribution in [0.3, 0.4) is 0 Å². The van der Waals surface area contributed by atoms with Gasteiger partial charge in [-0.25, -0.2) is 4.98 Å². The smallest absolute Gasteiger partial charge is 0.126 e. The van der Waals surface area contributed by atoms with E-state index >= 15 is 0 Å². The SMILES string of the molecule is CCNc1cc(Cn2cccc2C#N)ccn1. The molecule has 0 unspecified atom stereocenters. The molecule has 0 amide bonds. The number of nitrogens with zero attached hydrogens (tertiary/aromatic N) is 3. The maximum Gasteiger partial charge on any atom is 0.126 e. The van der Waals surface area contributed by atoms with Crippen LogP contribution in [-0.4, -0.2) is 16.1 Å². The van der Waals surface area contributed by atoms with Crippen molar-refractivity contribution in [3.05, 3.63) is 47.9 Å². The Morgan fingerprint density at radius 2 is 2.35 bits per heavy atom. The minimum Gasteiger partial charge on any atom is -0.370 e. The molecule has 2 rings (SSSR count). The van der Waals surface area contributed by atoms with Crippen molar-refractivity contribution < 1.29 is 0 Å². The van der Waals surface area contributed by atoms with E-state index in [1.165, 1.54) is 0 Å². The highest BCUT2D eigenvalue weighted by atomic mass is 15.0. The van der Waals surface area contributed by atoms with Gasteiger partial charge in [-0.05, 0) is 36.8 Å². The van der Waals surface area contributed by atoms with Gasteiger partial charge in [0.05, 0.1) is 0 Å². The lowest BCUT2D eigenvalue weighted by Crippen LogP contribution is -2.03. The molecule has 0 spiro atoms. The molecule has 0 aliphatic carbocycles. The minimum absolute atomic E-state index is 0.673. The molecule has 0 fully saturated rings. The van der Waals surface area contributed by atoms with Crippen molar-refractivity contribution in [3.63, 3.8) is 0 Å². The first-order chi connectivity index (χ1) is 8.33. The van der Waals surface area contributed by atoms with Gasteiger partial charge in [0.25, 0.3) is 0 Å². The van der Waals surface area contributed by atoms with Gasteiger partial charge in [0, 0.05) is 25.5 Å². The summed E-state index contributed by atoms with van der Waals surface area (Å²) in [7, 11) is 0. The summed E-state index contributed by atoms with van der Waals surface area (Å²) in [5.74, 6) is 0.871. The number of nitrogens with one attached hydrogen (secondary N) is 1. The van der Waals surface area contributed by atoms with Gasteiger partial charge in [-0.15, -0.1) is 0 Å². The van der Waals surface area contributed by atoms with Gasteiger partial charge >= 0.3 is 0 Å². The van der Waals surface area contributed by atoms with Crippen LogP contribution in [0.15, 0.2) is 36.7 Å². The first kappa shape index (κ1) is 11.2.